The summed E-state index contributed by atoms with van der Waals surface area (Å²) in [4.78, 5) is 11.5. The third kappa shape index (κ3) is 5.16. The molecular formula is C14H16N2O3. The lowest BCUT2D eigenvalue weighted by Gasteiger charge is -2.01. The average molecular weight is 260 g/mol. The van der Waals surface area contributed by atoms with E-state index in [-0.39, 0.29) is 17.9 Å². The van der Waals surface area contributed by atoms with Crippen molar-refractivity contribution in [1.82, 2.24) is 0 Å². The second-order valence-corrected chi connectivity index (χ2v) is 3.62. The normalized spacial score (nSPS) is 12.7. The molecule has 0 heterocycles. The molecule has 0 saturated carbocycles. The van der Waals surface area contributed by atoms with Crippen LogP contribution >= 0.6 is 0 Å². The van der Waals surface area contributed by atoms with Crippen LogP contribution in [-0.4, -0.2) is 30.1 Å². The number of allylic oxidation sites excluding steroid dienone is 1. The Kier molecular flexibility index (Phi) is 6.02. The molecule has 0 saturated heterocycles. The molecule has 1 N–H and O–H groups in total. The average Bonchev–Trinajstić information content (AvgIpc) is 2.39. The number of aliphatic hydroxyl groups is 1. The standard InChI is InChI=1S/C14H16N2O3/c1-3-19-14(18)13(11(2)17)10-16-15-9-12-7-5-4-6-8-12/h4-10,17H,3H2,1-2H3. The Morgan fingerprint density at radius 1 is 1.32 bits per heavy atom. The first kappa shape index (κ1) is 14.6. The van der Waals surface area contributed by atoms with Gasteiger partial charge in [0.1, 0.15) is 11.3 Å². The van der Waals surface area contributed by atoms with Gasteiger partial charge in [0.15, 0.2) is 0 Å². The first-order valence-corrected chi connectivity index (χ1v) is 5.83. The van der Waals surface area contributed by atoms with Crippen molar-refractivity contribution in [2.75, 3.05) is 6.61 Å². The highest BCUT2D eigenvalue weighted by molar-refractivity contribution is 6.09. The third-order valence-corrected chi connectivity index (χ3v) is 2.15. The van der Waals surface area contributed by atoms with Gasteiger partial charge in [0, 0.05) is 0 Å². The maximum absolute atomic E-state index is 11.5. The summed E-state index contributed by atoms with van der Waals surface area (Å²) >= 11 is 0. The SMILES string of the molecule is CCOC(=O)C(C=NN=Cc1ccccc1)=C(C)O. The van der Waals surface area contributed by atoms with Crippen LogP contribution in [0.5, 0.6) is 0 Å². The zero-order valence-corrected chi connectivity index (χ0v) is 10.9. The minimum Gasteiger partial charge on any atom is -0.512 e. The third-order valence-electron chi connectivity index (χ3n) is 2.15. The second-order valence-electron chi connectivity index (χ2n) is 3.62. The molecule has 0 spiro atoms. The molecule has 5 heteroatoms. The van der Waals surface area contributed by atoms with E-state index in [0.717, 1.165) is 5.56 Å². The molecule has 0 aliphatic carbocycles. The minimum atomic E-state index is -0.624. The van der Waals surface area contributed by atoms with Crippen LogP contribution in [0.1, 0.15) is 19.4 Å². The molecule has 100 valence electrons. The predicted octanol–water partition coefficient (Wildman–Crippen LogP) is 2.49. The Labute approximate surface area is 111 Å². The molecule has 0 aliphatic rings. The van der Waals surface area contributed by atoms with Gasteiger partial charge in [0.2, 0.25) is 0 Å². The van der Waals surface area contributed by atoms with Crippen molar-refractivity contribution >= 4 is 18.4 Å². The van der Waals surface area contributed by atoms with Gasteiger partial charge in [0.05, 0.1) is 19.0 Å². The molecule has 0 unspecified atom stereocenters. The number of esters is 1. The summed E-state index contributed by atoms with van der Waals surface area (Å²) in [7, 11) is 0. The van der Waals surface area contributed by atoms with Gasteiger partial charge in [-0.1, -0.05) is 30.3 Å². The molecule has 0 bridgehead atoms. The maximum atomic E-state index is 11.5. The van der Waals surface area contributed by atoms with E-state index in [9.17, 15) is 9.90 Å². The van der Waals surface area contributed by atoms with E-state index in [0.29, 0.717) is 0 Å². The van der Waals surface area contributed by atoms with E-state index >= 15 is 0 Å². The number of nitrogens with zero attached hydrogens (tertiary/aromatic N) is 2. The van der Waals surface area contributed by atoms with Crippen molar-refractivity contribution in [3.05, 3.63) is 47.2 Å². The number of hydrogen-bond acceptors (Lipinski definition) is 5. The van der Waals surface area contributed by atoms with Gasteiger partial charge in [-0.05, 0) is 19.4 Å². The molecule has 19 heavy (non-hydrogen) atoms. The Bertz CT molecular complexity index is 501. The van der Waals surface area contributed by atoms with Gasteiger partial charge in [-0.3, -0.25) is 0 Å². The fraction of sp³-hybridized carbons (Fsp3) is 0.214. The molecule has 0 aromatic heterocycles. The fourth-order valence-electron chi connectivity index (χ4n) is 1.23. The van der Waals surface area contributed by atoms with Gasteiger partial charge >= 0.3 is 5.97 Å². The molecule has 0 amide bonds. The van der Waals surface area contributed by atoms with Crippen molar-refractivity contribution in [1.29, 1.82) is 0 Å². The highest BCUT2D eigenvalue weighted by atomic mass is 16.5. The quantitative estimate of drug-likeness (QED) is 0.291. The highest BCUT2D eigenvalue weighted by Crippen LogP contribution is 2.01. The van der Waals surface area contributed by atoms with Crippen LogP contribution in [0.3, 0.4) is 0 Å². The van der Waals surface area contributed by atoms with Crippen LogP contribution in [-0.2, 0) is 9.53 Å². The van der Waals surface area contributed by atoms with Crippen LogP contribution < -0.4 is 0 Å². The van der Waals surface area contributed by atoms with Crippen molar-refractivity contribution in [2.24, 2.45) is 10.2 Å². The molecule has 1 aromatic rings. The number of benzene rings is 1. The van der Waals surface area contributed by atoms with E-state index in [1.54, 1.807) is 13.1 Å². The number of aliphatic hydroxyl groups excluding tert-OH is 1. The molecule has 1 rings (SSSR count). The van der Waals surface area contributed by atoms with Crippen molar-refractivity contribution in [2.45, 2.75) is 13.8 Å². The van der Waals surface area contributed by atoms with Crippen molar-refractivity contribution in [3.8, 4) is 0 Å². The van der Waals surface area contributed by atoms with E-state index in [4.69, 9.17) is 4.74 Å². The highest BCUT2D eigenvalue weighted by Gasteiger charge is 2.11. The Morgan fingerprint density at radius 2 is 2.00 bits per heavy atom. The zero-order valence-electron chi connectivity index (χ0n) is 10.9. The molecule has 0 radical (unpaired) electrons. The summed E-state index contributed by atoms with van der Waals surface area (Å²) in [5.74, 6) is -0.779. The molecule has 0 aliphatic heterocycles. The number of carbonyl (C=O) groups excluding carboxylic acids is 1. The van der Waals surface area contributed by atoms with Crippen LogP contribution in [0.2, 0.25) is 0 Å². The molecule has 1 aromatic carbocycles. The summed E-state index contributed by atoms with van der Waals surface area (Å²) in [5.41, 5.74) is 0.883. The van der Waals surface area contributed by atoms with Crippen LogP contribution in [0.4, 0.5) is 0 Å². The van der Waals surface area contributed by atoms with E-state index in [1.807, 2.05) is 30.3 Å². The lowest BCUT2D eigenvalue weighted by Crippen LogP contribution is -2.10. The maximum Gasteiger partial charge on any atom is 0.343 e. The summed E-state index contributed by atoms with van der Waals surface area (Å²) < 4.78 is 4.78. The Hall–Kier alpha value is -2.43. The fourth-order valence-corrected chi connectivity index (χ4v) is 1.23. The molecule has 5 nitrogen and oxygen atoms in total. The van der Waals surface area contributed by atoms with Gasteiger partial charge in [-0.15, -0.1) is 0 Å². The minimum absolute atomic E-state index is 0.00735. The summed E-state index contributed by atoms with van der Waals surface area (Å²) in [5, 5.41) is 16.9. The van der Waals surface area contributed by atoms with E-state index in [2.05, 4.69) is 10.2 Å². The van der Waals surface area contributed by atoms with Crippen molar-refractivity contribution in [3.63, 3.8) is 0 Å². The first-order chi connectivity index (χ1) is 9.15. The zero-order chi connectivity index (χ0) is 14.1. The van der Waals surface area contributed by atoms with E-state index < -0.39 is 5.97 Å². The number of hydrogen-bond donors (Lipinski definition) is 1. The lowest BCUT2D eigenvalue weighted by molar-refractivity contribution is -0.138. The van der Waals surface area contributed by atoms with Crippen molar-refractivity contribution < 1.29 is 14.6 Å². The first-order valence-electron chi connectivity index (χ1n) is 5.83. The number of ether oxygens (including phenoxy) is 1. The Balaban J connectivity index is 2.71. The van der Waals surface area contributed by atoms with Gasteiger partial charge < -0.3 is 9.84 Å². The number of rotatable bonds is 5. The van der Waals surface area contributed by atoms with Crippen LogP contribution in [0, 0.1) is 0 Å². The monoisotopic (exact) mass is 260 g/mol. The van der Waals surface area contributed by atoms with Crippen LogP contribution in [0.15, 0.2) is 51.9 Å². The van der Waals surface area contributed by atoms with Crippen LogP contribution in [0.25, 0.3) is 0 Å². The summed E-state index contributed by atoms with van der Waals surface area (Å²) in [6.45, 7) is 3.31. The van der Waals surface area contributed by atoms with Gasteiger partial charge in [-0.2, -0.15) is 10.2 Å². The molecule has 0 fully saturated rings. The van der Waals surface area contributed by atoms with E-state index in [1.165, 1.54) is 13.1 Å². The second kappa shape index (κ2) is 7.81. The predicted molar refractivity (Wildman–Crippen MR) is 74.5 cm³/mol. The number of carbonyl (C=O) groups is 1. The van der Waals surface area contributed by atoms with Gasteiger partial charge in [0.25, 0.3) is 0 Å². The summed E-state index contributed by atoms with van der Waals surface area (Å²) in [6, 6.07) is 9.41. The topological polar surface area (TPSA) is 71.2 Å². The Morgan fingerprint density at radius 3 is 2.58 bits per heavy atom. The molecule has 0 atom stereocenters. The molecular weight excluding hydrogens is 244 g/mol. The smallest absolute Gasteiger partial charge is 0.343 e. The summed E-state index contributed by atoms with van der Waals surface area (Å²) in [6.07, 6.45) is 2.72. The lowest BCUT2D eigenvalue weighted by atomic mass is 10.2. The van der Waals surface area contributed by atoms with Gasteiger partial charge in [-0.25, -0.2) is 4.79 Å². The largest absolute Gasteiger partial charge is 0.512 e.